The number of benzene rings is 2. The maximum absolute atomic E-state index is 13.2. The SMILES string of the molecule is Cc1scc(C(=O)NCC(c2ccccc2)S(=O)(=O)c2ccc(F)cc2)c1C. The van der Waals surface area contributed by atoms with E-state index >= 15 is 0 Å². The van der Waals surface area contributed by atoms with Crippen LogP contribution in [0.2, 0.25) is 0 Å². The first-order valence-corrected chi connectivity index (χ1v) is 11.1. The first kappa shape index (κ1) is 20.2. The number of nitrogens with one attached hydrogen (secondary N) is 1. The molecule has 0 aliphatic carbocycles. The van der Waals surface area contributed by atoms with Gasteiger partial charge in [0.1, 0.15) is 11.1 Å². The van der Waals surface area contributed by atoms with Crippen LogP contribution in [0.1, 0.15) is 31.6 Å². The normalized spacial score (nSPS) is 12.5. The summed E-state index contributed by atoms with van der Waals surface area (Å²) < 4.78 is 39.6. The molecule has 0 saturated carbocycles. The molecule has 1 unspecified atom stereocenters. The maximum atomic E-state index is 13.2. The first-order chi connectivity index (χ1) is 13.3. The molecule has 3 rings (SSSR count). The second-order valence-electron chi connectivity index (χ2n) is 6.44. The maximum Gasteiger partial charge on any atom is 0.252 e. The van der Waals surface area contributed by atoms with Crippen molar-refractivity contribution in [3.63, 3.8) is 0 Å². The lowest BCUT2D eigenvalue weighted by atomic mass is 10.1. The van der Waals surface area contributed by atoms with Gasteiger partial charge in [0, 0.05) is 16.8 Å². The second-order valence-corrected chi connectivity index (χ2v) is 9.65. The van der Waals surface area contributed by atoms with Gasteiger partial charge in [-0.25, -0.2) is 12.8 Å². The highest BCUT2D eigenvalue weighted by Gasteiger charge is 2.30. The molecule has 1 amide bonds. The zero-order valence-corrected chi connectivity index (χ0v) is 17.1. The standard InChI is InChI=1S/C21H20FNO3S2/c1-14-15(2)27-13-19(14)21(24)23-12-20(16-6-4-3-5-7-16)28(25,26)18-10-8-17(22)9-11-18/h3-11,13,20H,12H2,1-2H3,(H,23,24). The van der Waals surface area contributed by atoms with E-state index < -0.39 is 20.9 Å². The van der Waals surface area contributed by atoms with Gasteiger partial charge in [0.05, 0.1) is 10.5 Å². The van der Waals surface area contributed by atoms with Crippen molar-refractivity contribution in [1.82, 2.24) is 5.32 Å². The summed E-state index contributed by atoms with van der Waals surface area (Å²) in [4.78, 5) is 13.6. The molecule has 3 aromatic rings. The van der Waals surface area contributed by atoms with Gasteiger partial charge in [0.15, 0.2) is 9.84 Å². The van der Waals surface area contributed by atoms with Gasteiger partial charge in [0.2, 0.25) is 0 Å². The molecule has 0 aliphatic rings. The van der Waals surface area contributed by atoms with E-state index in [1.807, 2.05) is 13.8 Å². The van der Waals surface area contributed by atoms with Gasteiger partial charge in [-0.05, 0) is 49.2 Å². The predicted molar refractivity (Wildman–Crippen MR) is 109 cm³/mol. The van der Waals surface area contributed by atoms with Crippen LogP contribution < -0.4 is 5.32 Å². The molecule has 0 saturated heterocycles. The van der Waals surface area contributed by atoms with Crippen molar-refractivity contribution in [2.24, 2.45) is 0 Å². The lowest BCUT2D eigenvalue weighted by Gasteiger charge is -2.19. The van der Waals surface area contributed by atoms with Crippen LogP contribution in [0.5, 0.6) is 0 Å². The molecule has 146 valence electrons. The van der Waals surface area contributed by atoms with Crippen LogP contribution in [0.25, 0.3) is 0 Å². The Bertz CT molecular complexity index is 1070. The van der Waals surface area contributed by atoms with Crippen molar-refractivity contribution in [3.8, 4) is 0 Å². The number of halogens is 1. The third-order valence-electron chi connectivity index (χ3n) is 4.67. The van der Waals surface area contributed by atoms with Crippen LogP contribution in [0.3, 0.4) is 0 Å². The summed E-state index contributed by atoms with van der Waals surface area (Å²) in [5.41, 5.74) is 2.00. The third-order valence-corrected chi connectivity index (χ3v) is 7.80. The van der Waals surface area contributed by atoms with E-state index in [4.69, 9.17) is 0 Å². The summed E-state index contributed by atoms with van der Waals surface area (Å²) in [6, 6.07) is 13.4. The number of carbonyl (C=O) groups excluding carboxylic acids is 1. The molecule has 0 fully saturated rings. The quantitative estimate of drug-likeness (QED) is 0.603. The lowest BCUT2D eigenvalue weighted by Crippen LogP contribution is -2.32. The molecular formula is C21H20FNO3S2. The fraction of sp³-hybridized carbons (Fsp3) is 0.190. The Morgan fingerprint density at radius 2 is 1.71 bits per heavy atom. The summed E-state index contributed by atoms with van der Waals surface area (Å²) in [5.74, 6) is -0.816. The summed E-state index contributed by atoms with van der Waals surface area (Å²) >= 11 is 1.48. The van der Waals surface area contributed by atoms with E-state index in [1.165, 1.54) is 23.5 Å². The fourth-order valence-electron chi connectivity index (χ4n) is 2.88. The number of aryl methyl sites for hydroxylation is 1. The Morgan fingerprint density at radius 3 is 2.29 bits per heavy atom. The van der Waals surface area contributed by atoms with E-state index in [1.54, 1.807) is 35.7 Å². The Labute approximate surface area is 168 Å². The molecule has 1 heterocycles. The summed E-state index contributed by atoms with van der Waals surface area (Å²) in [6.07, 6.45) is 0. The van der Waals surface area contributed by atoms with Crippen LogP contribution >= 0.6 is 11.3 Å². The zero-order valence-electron chi connectivity index (χ0n) is 15.5. The van der Waals surface area contributed by atoms with Gasteiger partial charge in [-0.3, -0.25) is 4.79 Å². The number of thiophene rings is 1. The van der Waals surface area contributed by atoms with Gasteiger partial charge in [-0.1, -0.05) is 30.3 Å². The van der Waals surface area contributed by atoms with Crippen molar-refractivity contribution in [1.29, 1.82) is 0 Å². The van der Waals surface area contributed by atoms with Crippen molar-refractivity contribution in [2.45, 2.75) is 24.0 Å². The molecule has 1 atom stereocenters. The Kier molecular flexibility index (Phi) is 5.96. The molecular weight excluding hydrogens is 397 g/mol. The smallest absolute Gasteiger partial charge is 0.252 e. The van der Waals surface area contributed by atoms with Gasteiger partial charge in [0.25, 0.3) is 5.91 Å². The Balaban J connectivity index is 1.91. The fourth-order valence-corrected chi connectivity index (χ4v) is 5.41. The largest absolute Gasteiger partial charge is 0.350 e. The minimum absolute atomic E-state index is 0.0135. The van der Waals surface area contributed by atoms with Crippen LogP contribution in [0, 0.1) is 19.7 Å². The topological polar surface area (TPSA) is 63.2 Å². The van der Waals surface area contributed by atoms with Crippen molar-refractivity contribution in [3.05, 3.63) is 87.4 Å². The van der Waals surface area contributed by atoms with Gasteiger partial charge in [-0.2, -0.15) is 0 Å². The van der Waals surface area contributed by atoms with E-state index in [0.717, 1.165) is 22.6 Å². The number of amides is 1. The number of carbonyl (C=O) groups is 1. The molecule has 0 radical (unpaired) electrons. The Morgan fingerprint density at radius 1 is 1.07 bits per heavy atom. The molecule has 2 aromatic carbocycles. The van der Waals surface area contributed by atoms with E-state index in [0.29, 0.717) is 11.1 Å². The van der Waals surface area contributed by atoms with Gasteiger partial charge < -0.3 is 5.32 Å². The highest BCUT2D eigenvalue weighted by molar-refractivity contribution is 7.91. The van der Waals surface area contributed by atoms with Crippen LogP contribution in [0.15, 0.2) is 64.9 Å². The molecule has 0 aliphatic heterocycles. The molecule has 1 aromatic heterocycles. The molecule has 1 N–H and O–H groups in total. The highest BCUT2D eigenvalue weighted by atomic mass is 32.2. The second kappa shape index (κ2) is 8.24. The third kappa shape index (κ3) is 4.15. The minimum atomic E-state index is -3.83. The minimum Gasteiger partial charge on any atom is -0.350 e. The number of sulfone groups is 1. The summed E-state index contributed by atoms with van der Waals surface area (Å²) in [6.45, 7) is 3.71. The van der Waals surface area contributed by atoms with E-state index in [2.05, 4.69) is 5.32 Å². The van der Waals surface area contributed by atoms with Crippen LogP contribution in [0.4, 0.5) is 4.39 Å². The van der Waals surface area contributed by atoms with E-state index in [-0.39, 0.29) is 17.3 Å². The van der Waals surface area contributed by atoms with Gasteiger partial charge >= 0.3 is 0 Å². The molecule has 0 bridgehead atoms. The van der Waals surface area contributed by atoms with E-state index in [9.17, 15) is 17.6 Å². The van der Waals surface area contributed by atoms with Crippen molar-refractivity contribution < 1.29 is 17.6 Å². The molecule has 28 heavy (non-hydrogen) atoms. The first-order valence-electron chi connectivity index (χ1n) is 8.68. The Hall–Kier alpha value is -2.51. The van der Waals surface area contributed by atoms with Crippen LogP contribution in [-0.4, -0.2) is 20.9 Å². The monoisotopic (exact) mass is 417 g/mol. The average Bonchev–Trinajstić information content (AvgIpc) is 3.01. The van der Waals surface area contributed by atoms with Crippen LogP contribution in [-0.2, 0) is 9.84 Å². The number of hydrogen-bond acceptors (Lipinski definition) is 4. The summed E-state index contributed by atoms with van der Waals surface area (Å²) in [7, 11) is -3.83. The van der Waals surface area contributed by atoms with Crippen molar-refractivity contribution in [2.75, 3.05) is 6.54 Å². The predicted octanol–water partition coefficient (Wildman–Crippen LogP) is 4.45. The number of rotatable bonds is 6. The zero-order chi connectivity index (χ0) is 20.3. The molecule has 0 spiro atoms. The highest BCUT2D eigenvalue weighted by Crippen LogP contribution is 2.29. The lowest BCUT2D eigenvalue weighted by molar-refractivity contribution is 0.0953. The summed E-state index contributed by atoms with van der Waals surface area (Å²) in [5, 5.41) is 3.54. The van der Waals surface area contributed by atoms with Gasteiger partial charge in [-0.15, -0.1) is 11.3 Å². The number of hydrogen-bond donors (Lipinski definition) is 1. The van der Waals surface area contributed by atoms with Crippen molar-refractivity contribution >= 4 is 27.1 Å². The average molecular weight is 418 g/mol. The molecule has 4 nitrogen and oxygen atoms in total. The molecule has 7 heteroatoms.